The molecular weight excluding hydrogens is 330 g/mol. The minimum atomic E-state index is 0.443. The summed E-state index contributed by atoms with van der Waals surface area (Å²) in [6.07, 6.45) is 1.02. The number of likely N-dealkylation sites (N-methyl/N-ethyl adjacent to an activating group) is 3. The maximum absolute atomic E-state index is 5.30. The minimum absolute atomic E-state index is 0.443. The fourth-order valence-electron chi connectivity index (χ4n) is 3.00. The fraction of sp³-hybridized carbons (Fsp3) is 0.625. The Bertz CT molecular complexity index is 469. The van der Waals surface area contributed by atoms with Gasteiger partial charge in [0.15, 0.2) is 0 Å². The summed E-state index contributed by atoms with van der Waals surface area (Å²) in [7, 11) is 8.19. The lowest BCUT2D eigenvalue weighted by molar-refractivity contribution is 0.0897. The normalized spacial score (nSPS) is 22.2. The Morgan fingerprint density at radius 3 is 2.76 bits per heavy atom. The quantitative estimate of drug-likeness (QED) is 0.871. The lowest BCUT2D eigenvalue weighted by Gasteiger charge is -2.42. The van der Waals surface area contributed by atoms with Gasteiger partial charge in [0, 0.05) is 31.7 Å². The van der Waals surface area contributed by atoms with Crippen LogP contribution in [0, 0.1) is 0 Å². The van der Waals surface area contributed by atoms with E-state index in [0.717, 1.165) is 36.3 Å². The summed E-state index contributed by atoms with van der Waals surface area (Å²) in [5.41, 5.74) is 1.32. The number of benzene rings is 1. The summed E-state index contributed by atoms with van der Waals surface area (Å²) >= 11 is 3.57. The third-order valence-electron chi connectivity index (χ3n) is 4.41. The summed E-state index contributed by atoms with van der Waals surface area (Å²) in [6, 6.07) is 7.33. The molecule has 2 unspecified atom stereocenters. The first-order valence-electron chi connectivity index (χ1n) is 7.43. The second-order valence-corrected chi connectivity index (χ2v) is 6.73. The maximum Gasteiger partial charge on any atom is 0.133 e. The molecule has 1 saturated heterocycles. The van der Waals surface area contributed by atoms with Crippen molar-refractivity contribution in [3.63, 3.8) is 0 Å². The first kappa shape index (κ1) is 16.7. The predicted molar refractivity (Wildman–Crippen MR) is 91.2 cm³/mol. The maximum atomic E-state index is 5.30. The molecule has 0 aromatic heterocycles. The Morgan fingerprint density at radius 2 is 2.14 bits per heavy atom. The van der Waals surface area contributed by atoms with Crippen LogP contribution < -0.4 is 10.1 Å². The molecule has 0 spiro atoms. The second kappa shape index (κ2) is 7.58. The number of ether oxygens (including phenoxy) is 1. The van der Waals surface area contributed by atoms with Crippen LogP contribution >= 0.6 is 15.9 Å². The Hall–Kier alpha value is -0.620. The zero-order chi connectivity index (χ0) is 15.4. The number of halogens is 1. The van der Waals surface area contributed by atoms with Gasteiger partial charge in [0.05, 0.1) is 11.6 Å². The number of nitrogens with zero attached hydrogens (tertiary/aromatic N) is 2. The van der Waals surface area contributed by atoms with Crippen molar-refractivity contribution in [3.8, 4) is 5.75 Å². The van der Waals surface area contributed by atoms with Crippen LogP contribution in [0.4, 0.5) is 0 Å². The lowest BCUT2D eigenvalue weighted by Crippen LogP contribution is -2.58. The van der Waals surface area contributed by atoms with Gasteiger partial charge in [0.25, 0.3) is 0 Å². The molecule has 0 aliphatic carbocycles. The fourth-order valence-corrected chi connectivity index (χ4v) is 3.59. The monoisotopic (exact) mass is 355 g/mol. The predicted octanol–water partition coefficient (Wildman–Crippen LogP) is 1.83. The molecule has 0 radical (unpaired) electrons. The average molecular weight is 356 g/mol. The Kier molecular flexibility index (Phi) is 6.05. The molecular formula is C16H26BrN3O. The van der Waals surface area contributed by atoms with Gasteiger partial charge < -0.3 is 15.0 Å². The number of piperazine rings is 1. The molecule has 5 heteroatoms. The molecule has 0 amide bonds. The zero-order valence-corrected chi connectivity index (χ0v) is 15.0. The summed E-state index contributed by atoms with van der Waals surface area (Å²) < 4.78 is 6.32. The first-order valence-corrected chi connectivity index (χ1v) is 8.23. The number of nitrogens with one attached hydrogen (secondary N) is 1. The molecule has 1 aromatic carbocycles. The van der Waals surface area contributed by atoms with Crippen LogP contribution in [0.5, 0.6) is 5.75 Å². The molecule has 1 heterocycles. The van der Waals surface area contributed by atoms with Crippen molar-refractivity contribution in [2.75, 3.05) is 47.9 Å². The largest absolute Gasteiger partial charge is 0.496 e. The molecule has 1 aliphatic heterocycles. The van der Waals surface area contributed by atoms with Gasteiger partial charge in [-0.25, -0.2) is 0 Å². The highest BCUT2D eigenvalue weighted by molar-refractivity contribution is 9.10. The van der Waals surface area contributed by atoms with Crippen molar-refractivity contribution < 1.29 is 4.74 Å². The van der Waals surface area contributed by atoms with Crippen LogP contribution in [0.3, 0.4) is 0 Å². The van der Waals surface area contributed by atoms with Crippen molar-refractivity contribution in [3.05, 3.63) is 28.2 Å². The third kappa shape index (κ3) is 4.19. The number of hydrogen-bond acceptors (Lipinski definition) is 4. The zero-order valence-electron chi connectivity index (χ0n) is 13.4. The lowest BCUT2D eigenvalue weighted by atomic mass is 9.96. The summed E-state index contributed by atoms with van der Waals surface area (Å²) in [5.74, 6) is 0.884. The van der Waals surface area contributed by atoms with Gasteiger partial charge in [-0.3, -0.25) is 4.90 Å². The van der Waals surface area contributed by atoms with Crippen LogP contribution in [0.25, 0.3) is 0 Å². The van der Waals surface area contributed by atoms with Crippen molar-refractivity contribution >= 4 is 15.9 Å². The second-order valence-electron chi connectivity index (χ2n) is 5.88. The van der Waals surface area contributed by atoms with Gasteiger partial charge in [-0.15, -0.1) is 0 Å². The molecule has 1 N–H and O–H groups in total. The highest BCUT2D eigenvalue weighted by Crippen LogP contribution is 2.26. The standard InChI is InChI=1S/C16H26BrN3O/c1-18-14(15-11-19(2)7-8-20(15)3)10-12-5-6-16(21-4)13(17)9-12/h5-6,9,14-15,18H,7-8,10-11H2,1-4H3. The number of methoxy groups -OCH3 is 1. The summed E-state index contributed by atoms with van der Waals surface area (Å²) in [4.78, 5) is 4.89. The summed E-state index contributed by atoms with van der Waals surface area (Å²) in [6.45, 7) is 3.39. The smallest absolute Gasteiger partial charge is 0.133 e. The topological polar surface area (TPSA) is 27.7 Å². The van der Waals surface area contributed by atoms with Crippen LogP contribution in [0.1, 0.15) is 5.56 Å². The van der Waals surface area contributed by atoms with E-state index in [1.54, 1.807) is 7.11 Å². The Balaban J connectivity index is 2.09. The van der Waals surface area contributed by atoms with Gasteiger partial charge in [-0.1, -0.05) is 6.07 Å². The Morgan fingerprint density at radius 1 is 1.38 bits per heavy atom. The number of rotatable bonds is 5. The van der Waals surface area contributed by atoms with E-state index in [4.69, 9.17) is 4.74 Å². The van der Waals surface area contributed by atoms with E-state index >= 15 is 0 Å². The van der Waals surface area contributed by atoms with E-state index < -0.39 is 0 Å². The molecule has 118 valence electrons. The highest BCUT2D eigenvalue weighted by atomic mass is 79.9. The Labute approximate surface area is 136 Å². The van der Waals surface area contributed by atoms with E-state index in [1.807, 2.05) is 6.07 Å². The molecule has 21 heavy (non-hydrogen) atoms. The molecule has 1 aliphatic rings. The van der Waals surface area contributed by atoms with Gasteiger partial charge in [0.2, 0.25) is 0 Å². The number of hydrogen-bond donors (Lipinski definition) is 1. The van der Waals surface area contributed by atoms with Crippen LogP contribution in [-0.4, -0.2) is 69.8 Å². The van der Waals surface area contributed by atoms with Gasteiger partial charge in [-0.05, 0) is 61.2 Å². The molecule has 1 fully saturated rings. The summed E-state index contributed by atoms with van der Waals surface area (Å²) in [5, 5.41) is 3.50. The van der Waals surface area contributed by atoms with Crippen molar-refractivity contribution in [2.24, 2.45) is 0 Å². The van der Waals surface area contributed by atoms with Crippen LogP contribution in [0.15, 0.2) is 22.7 Å². The van der Waals surface area contributed by atoms with Gasteiger partial charge in [0.1, 0.15) is 5.75 Å². The average Bonchev–Trinajstić information content (AvgIpc) is 2.47. The van der Waals surface area contributed by atoms with Crippen LogP contribution in [0.2, 0.25) is 0 Å². The van der Waals surface area contributed by atoms with Crippen molar-refractivity contribution in [1.82, 2.24) is 15.1 Å². The molecule has 2 rings (SSSR count). The third-order valence-corrected chi connectivity index (χ3v) is 5.03. The van der Waals surface area contributed by atoms with E-state index in [-0.39, 0.29) is 0 Å². The van der Waals surface area contributed by atoms with Gasteiger partial charge >= 0.3 is 0 Å². The molecule has 0 saturated carbocycles. The molecule has 2 atom stereocenters. The van der Waals surface area contributed by atoms with E-state index in [0.29, 0.717) is 12.1 Å². The van der Waals surface area contributed by atoms with Crippen molar-refractivity contribution in [1.29, 1.82) is 0 Å². The van der Waals surface area contributed by atoms with E-state index in [1.165, 1.54) is 5.56 Å². The van der Waals surface area contributed by atoms with Gasteiger partial charge in [-0.2, -0.15) is 0 Å². The first-order chi connectivity index (χ1) is 10.0. The molecule has 0 bridgehead atoms. The highest BCUT2D eigenvalue weighted by Gasteiger charge is 2.29. The molecule has 1 aromatic rings. The molecule has 4 nitrogen and oxygen atoms in total. The SMILES string of the molecule is CNC(Cc1ccc(OC)c(Br)c1)C1CN(C)CCN1C. The van der Waals surface area contributed by atoms with Crippen molar-refractivity contribution in [2.45, 2.75) is 18.5 Å². The van der Waals surface area contributed by atoms with E-state index in [9.17, 15) is 0 Å². The van der Waals surface area contributed by atoms with E-state index in [2.05, 4.69) is 64.3 Å². The minimum Gasteiger partial charge on any atom is -0.496 e. The van der Waals surface area contributed by atoms with Crippen LogP contribution in [-0.2, 0) is 6.42 Å².